The maximum atomic E-state index is 11.5. The smallest absolute Gasteiger partial charge is 0.301 e. The summed E-state index contributed by atoms with van der Waals surface area (Å²) in [6.07, 6.45) is 3.65. The Morgan fingerprint density at radius 1 is 1.33 bits per heavy atom. The van der Waals surface area contributed by atoms with Gasteiger partial charge in [0.15, 0.2) is 0 Å². The third-order valence-corrected chi connectivity index (χ3v) is 4.02. The number of likely N-dealkylation sites (tertiary alicyclic amines) is 1. The molecule has 1 aromatic carbocycles. The molecule has 0 saturated carbocycles. The average Bonchev–Trinajstić information content (AvgIpc) is 2.49. The van der Waals surface area contributed by atoms with Crippen molar-refractivity contribution in [2.45, 2.75) is 18.9 Å². The molecule has 6 nitrogen and oxygen atoms in total. The second kappa shape index (κ2) is 5.65. The van der Waals surface area contributed by atoms with Crippen LogP contribution in [-0.4, -0.2) is 41.0 Å². The van der Waals surface area contributed by atoms with Gasteiger partial charge in [0.25, 0.3) is 0 Å². The van der Waals surface area contributed by atoms with Gasteiger partial charge in [0.05, 0.1) is 15.8 Å². The SMILES string of the molecule is CN1CCC(Nc2ccc3ncccc3c2[N+](=O)[O-])CC1. The molecule has 3 rings (SSSR count). The predicted octanol–water partition coefficient (Wildman–Crippen LogP) is 2.65. The molecule has 0 spiro atoms. The zero-order valence-corrected chi connectivity index (χ0v) is 12.0. The molecule has 2 heterocycles. The van der Waals surface area contributed by atoms with Crippen molar-refractivity contribution in [2.75, 3.05) is 25.5 Å². The Kier molecular flexibility index (Phi) is 3.70. The maximum Gasteiger partial charge on any atom is 0.301 e. The molecular weight excluding hydrogens is 268 g/mol. The molecule has 0 radical (unpaired) electrons. The van der Waals surface area contributed by atoms with Gasteiger partial charge in [0, 0.05) is 12.2 Å². The minimum Gasteiger partial charge on any atom is -0.377 e. The van der Waals surface area contributed by atoms with Gasteiger partial charge in [-0.25, -0.2) is 0 Å². The van der Waals surface area contributed by atoms with Crippen LogP contribution in [0, 0.1) is 10.1 Å². The molecule has 1 fully saturated rings. The van der Waals surface area contributed by atoms with Gasteiger partial charge in [-0.05, 0) is 57.2 Å². The largest absolute Gasteiger partial charge is 0.377 e. The van der Waals surface area contributed by atoms with Gasteiger partial charge in [-0.1, -0.05) is 0 Å². The van der Waals surface area contributed by atoms with Crippen molar-refractivity contribution in [3.05, 3.63) is 40.6 Å². The summed E-state index contributed by atoms with van der Waals surface area (Å²) >= 11 is 0. The van der Waals surface area contributed by atoms with Crippen molar-refractivity contribution < 1.29 is 4.92 Å². The fourth-order valence-electron chi connectivity index (χ4n) is 2.82. The second-order valence-corrected chi connectivity index (χ2v) is 5.51. The molecule has 1 aromatic heterocycles. The van der Waals surface area contributed by atoms with Gasteiger partial charge in [0.1, 0.15) is 5.69 Å². The van der Waals surface area contributed by atoms with E-state index in [1.54, 1.807) is 24.4 Å². The summed E-state index contributed by atoms with van der Waals surface area (Å²) in [4.78, 5) is 17.6. The highest BCUT2D eigenvalue weighted by Crippen LogP contribution is 2.33. The zero-order chi connectivity index (χ0) is 14.8. The van der Waals surface area contributed by atoms with Crippen LogP contribution in [0.1, 0.15) is 12.8 Å². The Morgan fingerprint density at radius 3 is 2.81 bits per heavy atom. The van der Waals surface area contributed by atoms with Crippen LogP contribution in [0.15, 0.2) is 30.5 Å². The molecule has 1 aliphatic heterocycles. The third-order valence-electron chi connectivity index (χ3n) is 4.02. The minimum absolute atomic E-state index is 0.125. The van der Waals surface area contributed by atoms with Gasteiger partial charge in [0.2, 0.25) is 0 Å². The first-order valence-electron chi connectivity index (χ1n) is 7.12. The van der Waals surface area contributed by atoms with Crippen molar-refractivity contribution >= 4 is 22.3 Å². The quantitative estimate of drug-likeness (QED) is 0.693. The first-order chi connectivity index (χ1) is 10.1. The van der Waals surface area contributed by atoms with E-state index in [9.17, 15) is 10.1 Å². The van der Waals surface area contributed by atoms with Crippen molar-refractivity contribution in [1.82, 2.24) is 9.88 Å². The first kappa shape index (κ1) is 13.8. The van der Waals surface area contributed by atoms with Crippen LogP contribution in [0.3, 0.4) is 0 Å². The number of benzene rings is 1. The van der Waals surface area contributed by atoms with Gasteiger partial charge in [-0.15, -0.1) is 0 Å². The van der Waals surface area contributed by atoms with Crippen LogP contribution in [-0.2, 0) is 0 Å². The number of pyridine rings is 1. The van der Waals surface area contributed by atoms with Gasteiger partial charge in [-0.2, -0.15) is 0 Å². The summed E-state index contributed by atoms with van der Waals surface area (Å²) < 4.78 is 0. The zero-order valence-electron chi connectivity index (χ0n) is 12.0. The standard InChI is InChI=1S/C15H18N4O2/c1-18-9-6-11(7-10-18)17-14-5-4-13-12(3-2-8-16-13)15(14)19(20)21/h2-5,8,11,17H,6-7,9-10H2,1H3. The molecule has 2 aromatic rings. The second-order valence-electron chi connectivity index (χ2n) is 5.51. The molecule has 21 heavy (non-hydrogen) atoms. The van der Waals surface area contributed by atoms with E-state index in [0.717, 1.165) is 25.9 Å². The highest BCUT2D eigenvalue weighted by molar-refractivity contribution is 5.94. The number of aromatic nitrogens is 1. The molecule has 0 bridgehead atoms. The van der Waals surface area contributed by atoms with E-state index < -0.39 is 0 Å². The lowest BCUT2D eigenvalue weighted by atomic mass is 10.0. The number of anilines is 1. The predicted molar refractivity (Wildman–Crippen MR) is 82.5 cm³/mol. The summed E-state index contributed by atoms with van der Waals surface area (Å²) in [5.74, 6) is 0. The van der Waals surface area contributed by atoms with Crippen molar-refractivity contribution in [3.63, 3.8) is 0 Å². The lowest BCUT2D eigenvalue weighted by Gasteiger charge is -2.30. The van der Waals surface area contributed by atoms with Crippen molar-refractivity contribution in [2.24, 2.45) is 0 Å². The molecule has 1 aliphatic rings. The fraction of sp³-hybridized carbons (Fsp3) is 0.400. The van der Waals surface area contributed by atoms with Crippen LogP contribution >= 0.6 is 0 Å². The van der Waals surface area contributed by atoms with E-state index in [1.807, 2.05) is 6.07 Å². The Hall–Kier alpha value is -2.21. The minimum atomic E-state index is -0.318. The summed E-state index contributed by atoms with van der Waals surface area (Å²) in [6, 6.07) is 7.37. The number of rotatable bonds is 3. The Morgan fingerprint density at radius 2 is 2.10 bits per heavy atom. The van der Waals surface area contributed by atoms with Crippen LogP contribution in [0.5, 0.6) is 0 Å². The third kappa shape index (κ3) is 2.80. The normalized spacial score (nSPS) is 17.0. The van der Waals surface area contributed by atoms with E-state index in [1.165, 1.54) is 0 Å². The summed E-state index contributed by atoms with van der Waals surface area (Å²) in [6.45, 7) is 2.03. The molecule has 0 atom stereocenters. The van der Waals surface area contributed by atoms with Crippen LogP contribution < -0.4 is 5.32 Å². The van der Waals surface area contributed by atoms with E-state index in [0.29, 0.717) is 16.6 Å². The van der Waals surface area contributed by atoms with E-state index in [4.69, 9.17) is 0 Å². The number of hydrogen-bond donors (Lipinski definition) is 1. The van der Waals surface area contributed by atoms with Crippen molar-refractivity contribution in [1.29, 1.82) is 0 Å². The van der Waals surface area contributed by atoms with Gasteiger partial charge >= 0.3 is 5.69 Å². The summed E-state index contributed by atoms with van der Waals surface area (Å²) in [7, 11) is 2.10. The van der Waals surface area contributed by atoms with E-state index >= 15 is 0 Å². The molecule has 1 N–H and O–H groups in total. The summed E-state index contributed by atoms with van der Waals surface area (Å²) in [5.41, 5.74) is 1.37. The maximum absolute atomic E-state index is 11.5. The van der Waals surface area contributed by atoms with Crippen molar-refractivity contribution in [3.8, 4) is 0 Å². The number of hydrogen-bond acceptors (Lipinski definition) is 5. The molecule has 0 aliphatic carbocycles. The Labute approximate surface area is 122 Å². The van der Waals surface area contributed by atoms with Gasteiger partial charge < -0.3 is 10.2 Å². The lowest BCUT2D eigenvalue weighted by Crippen LogP contribution is -2.36. The number of nitro benzene ring substituents is 1. The fourth-order valence-corrected chi connectivity index (χ4v) is 2.82. The number of fused-ring (bicyclic) bond motifs is 1. The highest BCUT2D eigenvalue weighted by Gasteiger charge is 2.23. The Balaban J connectivity index is 1.94. The highest BCUT2D eigenvalue weighted by atomic mass is 16.6. The molecular formula is C15H18N4O2. The van der Waals surface area contributed by atoms with E-state index in [2.05, 4.69) is 22.2 Å². The Bertz CT molecular complexity index is 666. The molecule has 0 amide bonds. The van der Waals surface area contributed by atoms with E-state index in [-0.39, 0.29) is 16.7 Å². The molecule has 1 saturated heterocycles. The number of nitro groups is 1. The molecule has 0 unspecified atom stereocenters. The van der Waals surface area contributed by atoms with Gasteiger partial charge in [-0.3, -0.25) is 15.1 Å². The van der Waals surface area contributed by atoms with Crippen LogP contribution in [0.25, 0.3) is 10.9 Å². The summed E-state index contributed by atoms with van der Waals surface area (Å²) in [5, 5.41) is 15.4. The number of nitrogens with one attached hydrogen (secondary N) is 1. The molecule has 6 heteroatoms. The topological polar surface area (TPSA) is 71.3 Å². The monoisotopic (exact) mass is 286 g/mol. The average molecular weight is 286 g/mol. The van der Waals surface area contributed by atoms with Crippen LogP contribution in [0.4, 0.5) is 11.4 Å². The first-order valence-corrected chi connectivity index (χ1v) is 7.12. The number of nitrogens with zero attached hydrogens (tertiary/aromatic N) is 3. The van der Waals surface area contributed by atoms with Crippen LogP contribution in [0.2, 0.25) is 0 Å². The molecule has 110 valence electrons. The lowest BCUT2D eigenvalue weighted by molar-refractivity contribution is -0.382. The number of piperidine rings is 1.